The highest BCUT2D eigenvalue weighted by atomic mass is 35.5. The summed E-state index contributed by atoms with van der Waals surface area (Å²) >= 11 is 5.73. The van der Waals surface area contributed by atoms with Crippen LogP contribution in [-0.4, -0.2) is 32.6 Å². The average molecular weight is 298 g/mol. The monoisotopic (exact) mass is 297 g/mol. The van der Waals surface area contributed by atoms with Crippen molar-refractivity contribution >= 4 is 17.6 Å². The zero-order valence-corrected chi connectivity index (χ0v) is 11.1. The van der Waals surface area contributed by atoms with E-state index in [-0.39, 0.29) is 28.2 Å². The lowest BCUT2D eigenvalue weighted by molar-refractivity contribution is 0.0696. The molecule has 2 rings (SSSR count). The topological polar surface area (TPSA) is 85.2 Å². The maximum Gasteiger partial charge on any atom is 0.335 e. The highest BCUT2D eigenvalue weighted by molar-refractivity contribution is 6.28. The van der Waals surface area contributed by atoms with Crippen molar-refractivity contribution in [3.8, 4) is 17.4 Å². The maximum atomic E-state index is 13.4. The van der Waals surface area contributed by atoms with Crippen molar-refractivity contribution in [2.45, 2.75) is 6.92 Å². The molecule has 0 radical (unpaired) electrons. The number of nitrogens with zero attached hydrogens (tertiary/aromatic N) is 3. The molecular formula is C12H9ClFN3O3. The molecule has 1 aromatic heterocycles. The molecule has 0 amide bonds. The van der Waals surface area contributed by atoms with E-state index in [1.165, 1.54) is 6.07 Å². The van der Waals surface area contributed by atoms with Crippen molar-refractivity contribution in [3.63, 3.8) is 0 Å². The van der Waals surface area contributed by atoms with Crippen LogP contribution in [0.4, 0.5) is 4.39 Å². The molecule has 6 nitrogen and oxygen atoms in total. The summed E-state index contributed by atoms with van der Waals surface area (Å²) in [5.74, 6) is -1.93. The minimum Gasteiger partial charge on any atom is -0.478 e. The number of halogens is 2. The fraction of sp³-hybridized carbons (Fsp3) is 0.167. The van der Waals surface area contributed by atoms with Crippen LogP contribution in [0.2, 0.25) is 5.28 Å². The van der Waals surface area contributed by atoms with Gasteiger partial charge in [0.15, 0.2) is 5.82 Å². The van der Waals surface area contributed by atoms with Gasteiger partial charge in [0.25, 0.3) is 0 Å². The van der Waals surface area contributed by atoms with Crippen LogP contribution < -0.4 is 4.74 Å². The first-order chi connectivity index (χ1) is 9.49. The molecule has 1 aromatic carbocycles. The molecule has 0 aliphatic heterocycles. The Morgan fingerprint density at radius 3 is 2.75 bits per heavy atom. The van der Waals surface area contributed by atoms with E-state index in [4.69, 9.17) is 21.4 Å². The number of carboxylic acids is 1. The van der Waals surface area contributed by atoms with Gasteiger partial charge in [-0.2, -0.15) is 15.0 Å². The molecule has 8 heteroatoms. The predicted molar refractivity (Wildman–Crippen MR) is 68.4 cm³/mol. The van der Waals surface area contributed by atoms with E-state index in [1.54, 1.807) is 6.92 Å². The third-order valence-corrected chi connectivity index (χ3v) is 2.43. The van der Waals surface area contributed by atoms with Crippen LogP contribution in [-0.2, 0) is 0 Å². The third kappa shape index (κ3) is 3.18. The lowest BCUT2D eigenvalue weighted by Gasteiger charge is -2.05. The van der Waals surface area contributed by atoms with E-state index in [0.29, 0.717) is 6.61 Å². The summed E-state index contributed by atoms with van der Waals surface area (Å²) in [5.41, 5.74) is -0.0397. The summed E-state index contributed by atoms with van der Waals surface area (Å²) in [6.07, 6.45) is 0. The van der Waals surface area contributed by atoms with Crippen molar-refractivity contribution in [2.75, 3.05) is 6.61 Å². The molecule has 0 spiro atoms. The van der Waals surface area contributed by atoms with Crippen molar-refractivity contribution < 1.29 is 19.0 Å². The number of carbonyl (C=O) groups is 1. The number of aromatic nitrogens is 3. The molecule has 1 heterocycles. The number of aromatic carboxylic acids is 1. The normalized spacial score (nSPS) is 10.3. The van der Waals surface area contributed by atoms with E-state index >= 15 is 0 Å². The van der Waals surface area contributed by atoms with Gasteiger partial charge in [0.1, 0.15) is 5.82 Å². The molecule has 0 aliphatic carbocycles. The second-order valence-corrected chi connectivity index (χ2v) is 4.02. The predicted octanol–water partition coefficient (Wildman–Crippen LogP) is 2.43. The van der Waals surface area contributed by atoms with Gasteiger partial charge in [0.2, 0.25) is 5.28 Å². The number of rotatable bonds is 4. The van der Waals surface area contributed by atoms with Crippen LogP contribution in [0.5, 0.6) is 6.01 Å². The molecule has 0 saturated heterocycles. The Morgan fingerprint density at radius 1 is 1.35 bits per heavy atom. The fourth-order valence-corrected chi connectivity index (χ4v) is 1.65. The van der Waals surface area contributed by atoms with Gasteiger partial charge in [-0.25, -0.2) is 9.18 Å². The molecule has 0 atom stereocenters. The number of ether oxygens (including phenoxy) is 1. The standard InChI is InChI=1S/C12H9ClFN3O3/c1-2-20-12-16-9(15-11(13)17-12)6-3-7(10(18)19)5-8(14)4-6/h3-5H,2H2,1H3,(H,18,19). The number of carboxylic acid groups (broad SMARTS) is 1. The first-order valence-corrected chi connectivity index (χ1v) is 5.96. The van der Waals surface area contributed by atoms with Gasteiger partial charge in [0, 0.05) is 5.56 Å². The third-order valence-electron chi connectivity index (χ3n) is 2.26. The lowest BCUT2D eigenvalue weighted by atomic mass is 10.1. The Morgan fingerprint density at radius 2 is 2.10 bits per heavy atom. The van der Waals surface area contributed by atoms with Crippen LogP contribution in [0.1, 0.15) is 17.3 Å². The minimum atomic E-state index is -1.25. The van der Waals surface area contributed by atoms with Crippen LogP contribution in [0.3, 0.4) is 0 Å². The van der Waals surface area contributed by atoms with Gasteiger partial charge in [-0.05, 0) is 36.7 Å². The first-order valence-electron chi connectivity index (χ1n) is 5.58. The van der Waals surface area contributed by atoms with E-state index < -0.39 is 11.8 Å². The maximum absolute atomic E-state index is 13.4. The number of hydrogen-bond donors (Lipinski definition) is 1. The summed E-state index contributed by atoms with van der Waals surface area (Å²) in [6.45, 7) is 2.06. The van der Waals surface area contributed by atoms with Crippen molar-refractivity contribution in [2.24, 2.45) is 0 Å². The second-order valence-electron chi connectivity index (χ2n) is 3.68. The van der Waals surface area contributed by atoms with Crippen molar-refractivity contribution in [1.29, 1.82) is 0 Å². The van der Waals surface area contributed by atoms with Gasteiger partial charge in [-0.1, -0.05) is 0 Å². The van der Waals surface area contributed by atoms with Gasteiger partial charge in [-0.3, -0.25) is 0 Å². The van der Waals surface area contributed by atoms with Crippen LogP contribution in [0.25, 0.3) is 11.4 Å². The average Bonchev–Trinajstić information content (AvgIpc) is 2.37. The summed E-state index contributed by atoms with van der Waals surface area (Å²) in [4.78, 5) is 22.4. The van der Waals surface area contributed by atoms with E-state index in [2.05, 4.69) is 15.0 Å². The molecule has 0 bridgehead atoms. The molecule has 1 N–H and O–H groups in total. The zero-order valence-electron chi connectivity index (χ0n) is 10.3. The Balaban J connectivity index is 2.53. The summed E-state index contributed by atoms with van der Waals surface area (Å²) in [5, 5.41) is 8.78. The van der Waals surface area contributed by atoms with Crippen molar-refractivity contribution in [3.05, 3.63) is 34.9 Å². The Kier molecular flexibility index (Phi) is 4.09. The zero-order chi connectivity index (χ0) is 14.7. The fourth-order valence-electron chi connectivity index (χ4n) is 1.50. The molecular weight excluding hydrogens is 289 g/mol. The first kappa shape index (κ1) is 14.1. The van der Waals surface area contributed by atoms with Gasteiger partial charge in [0.05, 0.1) is 12.2 Å². The van der Waals surface area contributed by atoms with Crippen LogP contribution in [0, 0.1) is 5.82 Å². The molecule has 2 aromatic rings. The summed E-state index contributed by atoms with van der Waals surface area (Å²) in [6, 6.07) is 3.24. The molecule has 104 valence electrons. The Bertz CT molecular complexity index is 666. The Labute approximate surface area is 118 Å². The summed E-state index contributed by atoms with van der Waals surface area (Å²) < 4.78 is 18.5. The minimum absolute atomic E-state index is 0.0105. The van der Waals surface area contributed by atoms with Crippen LogP contribution >= 0.6 is 11.6 Å². The van der Waals surface area contributed by atoms with E-state index in [1.807, 2.05) is 0 Å². The van der Waals surface area contributed by atoms with Gasteiger partial charge >= 0.3 is 12.0 Å². The molecule has 20 heavy (non-hydrogen) atoms. The second kappa shape index (κ2) is 5.79. The number of hydrogen-bond acceptors (Lipinski definition) is 5. The van der Waals surface area contributed by atoms with E-state index in [9.17, 15) is 9.18 Å². The largest absolute Gasteiger partial charge is 0.478 e. The smallest absolute Gasteiger partial charge is 0.335 e. The lowest BCUT2D eigenvalue weighted by Crippen LogP contribution is -2.03. The molecule has 0 saturated carbocycles. The Hall–Kier alpha value is -2.28. The van der Waals surface area contributed by atoms with E-state index in [0.717, 1.165) is 12.1 Å². The molecule has 0 fully saturated rings. The van der Waals surface area contributed by atoms with Gasteiger partial charge in [-0.15, -0.1) is 0 Å². The van der Waals surface area contributed by atoms with Crippen molar-refractivity contribution in [1.82, 2.24) is 15.0 Å². The highest BCUT2D eigenvalue weighted by Crippen LogP contribution is 2.21. The molecule has 0 unspecified atom stereocenters. The quantitative estimate of drug-likeness (QED) is 0.933. The highest BCUT2D eigenvalue weighted by Gasteiger charge is 2.13. The number of benzene rings is 1. The molecule has 0 aliphatic rings. The SMILES string of the molecule is CCOc1nc(Cl)nc(-c2cc(F)cc(C(=O)O)c2)n1. The summed E-state index contributed by atoms with van der Waals surface area (Å²) in [7, 11) is 0. The van der Waals surface area contributed by atoms with Crippen LogP contribution in [0.15, 0.2) is 18.2 Å². The van der Waals surface area contributed by atoms with Gasteiger partial charge < -0.3 is 9.84 Å².